The lowest BCUT2D eigenvalue weighted by Crippen LogP contribution is -2.24. The van der Waals surface area contributed by atoms with E-state index in [1.165, 1.54) is 12.8 Å². The molecule has 96 valence electrons. The van der Waals surface area contributed by atoms with Crippen molar-refractivity contribution < 1.29 is 23.7 Å². The van der Waals surface area contributed by atoms with Crippen LogP contribution in [0.15, 0.2) is 0 Å². The van der Waals surface area contributed by atoms with Crippen molar-refractivity contribution in [3.05, 3.63) is 0 Å². The van der Waals surface area contributed by atoms with Crippen molar-refractivity contribution >= 4 is 0 Å². The van der Waals surface area contributed by atoms with Crippen LogP contribution in [0.5, 0.6) is 0 Å². The zero-order valence-corrected chi connectivity index (χ0v) is 10.1. The molecule has 2 fully saturated rings. The minimum atomic E-state index is -0.0382. The quantitative estimate of drug-likeness (QED) is 0.724. The second-order valence-corrected chi connectivity index (χ2v) is 3.68. The molecule has 2 heterocycles. The van der Waals surface area contributed by atoms with E-state index in [-0.39, 0.29) is 12.6 Å². The first-order chi connectivity index (χ1) is 7.86. The Hall–Kier alpha value is -0.200. The maximum Gasteiger partial charge on any atom is 0.162 e. The standard InChI is InChI=1S/C6H12O2.C5H10O3/c1-7-6-4-2-3-5-8-6;1-6-5-2-3-7-4-8-5/h6H,2-5H2,1H3;5H,2-4H2,1H3. The van der Waals surface area contributed by atoms with Crippen molar-refractivity contribution in [1.82, 2.24) is 0 Å². The molecule has 5 nitrogen and oxygen atoms in total. The first-order valence-corrected chi connectivity index (χ1v) is 5.73. The van der Waals surface area contributed by atoms with Gasteiger partial charge in [0.25, 0.3) is 0 Å². The van der Waals surface area contributed by atoms with E-state index in [2.05, 4.69) is 0 Å². The molecule has 2 unspecified atom stereocenters. The summed E-state index contributed by atoms with van der Waals surface area (Å²) >= 11 is 0. The molecule has 2 rings (SSSR count). The lowest BCUT2D eigenvalue weighted by Gasteiger charge is -2.20. The Morgan fingerprint density at radius 2 is 1.62 bits per heavy atom. The summed E-state index contributed by atoms with van der Waals surface area (Å²) in [5.74, 6) is 0. The fourth-order valence-electron chi connectivity index (χ4n) is 1.53. The highest BCUT2D eigenvalue weighted by Gasteiger charge is 2.11. The van der Waals surface area contributed by atoms with Crippen LogP contribution in [-0.2, 0) is 23.7 Å². The highest BCUT2D eigenvalue weighted by atomic mass is 16.8. The lowest BCUT2D eigenvalue weighted by molar-refractivity contribution is -0.225. The minimum absolute atomic E-state index is 0.0382. The molecule has 0 saturated carbocycles. The first kappa shape index (κ1) is 13.9. The van der Waals surface area contributed by atoms with E-state index in [0.717, 1.165) is 26.1 Å². The lowest BCUT2D eigenvalue weighted by atomic mass is 10.2. The molecule has 0 radical (unpaired) electrons. The van der Waals surface area contributed by atoms with Crippen LogP contribution in [0, 0.1) is 0 Å². The SMILES string of the molecule is COC1CCCCO1.COC1CCOCO1. The second kappa shape index (κ2) is 8.90. The van der Waals surface area contributed by atoms with Gasteiger partial charge < -0.3 is 23.7 Å². The molecule has 5 heteroatoms. The van der Waals surface area contributed by atoms with E-state index >= 15 is 0 Å². The van der Waals surface area contributed by atoms with Gasteiger partial charge in [0, 0.05) is 27.2 Å². The molecule has 2 atom stereocenters. The van der Waals surface area contributed by atoms with Crippen molar-refractivity contribution in [2.45, 2.75) is 38.3 Å². The number of hydrogen-bond donors (Lipinski definition) is 0. The van der Waals surface area contributed by atoms with Gasteiger partial charge in [0.05, 0.1) is 6.61 Å². The zero-order valence-electron chi connectivity index (χ0n) is 10.1. The molecule has 0 aromatic heterocycles. The maximum absolute atomic E-state index is 5.20. The Labute approximate surface area is 97.0 Å². The highest BCUT2D eigenvalue weighted by Crippen LogP contribution is 2.11. The number of rotatable bonds is 2. The van der Waals surface area contributed by atoms with E-state index in [9.17, 15) is 0 Å². The van der Waals surface area contributed by atoms with E-state index in [4.69, 9.17) is 23.7 Å². The molecule has 0 N–H and O–H groups in total. The Kier molecular flexibility index (Phi) is 7.71. The van der Waals surface area contributed by atoms with E-state index in [1.54, 1.807) is 14.2 Å². The third kappa shape index (κ3) is 5.77. The van der Waals surface area contributed by atoms with Crippen LogP contribution in [0.3, 0.4) is 0 Å². The number of hydrogen-bond acceptors (Lipinski definition) is 5. The molecule has 2 aliphatic rings. The summed E-state index contributed by atoms with van der Waals surface area (Å²) in [4.78, 5) is 0. The normalized spacial score (nSPS) is 30.4. The average molecular weight is 234 g/mol. The molecule has 0 spiro atoms. The van der Waals surface area contributed by atoms with Gasteiger partial charge in [-0.05, 0) is 19.3 Å². The van der Waals surface area contributed by atoms with E-state index in [0.29, 0.717) is 6.79 Å². The second-order valence-electron chi connectivity index (χ2n) is 3.68. The van der Waals surface area contributed by atoms with Crippen LogP contribution in [0.2, 0.25) is 0 Å². The van der Waals surface area contributed by atoms with Gasteiger partial charge in [0.2, 0.25) is 0 Å². The van der Waals surface area contributed by atoms with Crippen LogP contribution in [0.4, 0.5) is 0 Å². The average Bonchev–Trinajstić information content (AvgIpc) is 2.41. The van der Waals surface area contributed by atoms with Crippen LogP contribution in [-0.4, -0.2) is 46.8 Å². The monoisotopic (exact) mass is 234 g/mol. The Balaban J connectivity index is 0.000000160. The van der Waals surface area contributed by atoms with Gasteiger partial charge in [-0.1, -0.05) is 0 Å². The fraction of sp³-hybridized carbons (Fsp3) is 1.00. The van der Waals surface area contributed by atoms with E-state index in [1.807, 2.05) is 0 Å². The van der Waals surface area contributed by atoms with Crippen molar-refractivity contribution in [1.29, 1.82) is 0 Å². The molecule has 0 aromatic rings. The molecule has 16 heavy (non-hydrogen) atoms. The fourth-order valence-corrected chi connectivity index (χ4v) is 1.53. The summed E-state index contributed by atoms with van der Waals surface area (Å²) in [5, 5.41) is 0. The molecular weight excluding hydrogens is 212 g/mol. The van der Waals surface area contributed by atoms with Crippen LogP contribution in [0.1, 0.15) is 25.7 Å². The van der Waals surface area contributed by atoms with Gasteiger partial charge in [-0.15, -0.1) is 0 Å². The predicted octanol–water partition coefficient (Wildman–Crippen LogP) is 1.51. The Morgan fingerprint density at radius 3 is 2.00 bits per heavy atom. The molecule has 2 aliphatic heterocycles. The summed E-state index contributed by atoms with van der Waals surface area (Å²) in [5.41, 5.74) is 0. The van der Waals surface area contributed by atoms with Gasteiger partial charge in [-0.25, -0.2) is 0 Å². The maximum atomic E-state index is 5.20. The predicted molar refractivity (Wildman–Crippen MR) is 57.9 cm³/mol. The smallest absolute Gasteiger partial charge is 0.162 e. The summed E-state index contributed by atoms with van der Waals surface area (Å²) in [7, 11) is 3.33. The van der Waals surface area contributed by atoms with Gasteiger partial charge in [0.1, 0.15) is 6.79 Å². The van der Waals surface area contributed by atoms with Crippen LogP contribution >= 0.6 is 0 Å². The summed E-state index contributed by atoms with van der Waals surface area (Å²) in [6.07, 6.45) is 4.40. The van der Waals surface area contributed by atoms with Gasteiger partial charge >= 0.3 is 0 Å². The minimum Gasteiger partial charge on any atom is -0.356 e. The molecule has 0 aliphatic carbocycles. The molecule has 0 bridgehead atoms. The topological polar surface area (TPSA) is 46.2 Å². The van der Waals surface area contributed by atoms with Gasteiger partial charge in [-0.2, -0.15) is 0 Å². The zero-order chi connectivity index (χ0) is 11.6. The van der Waals surface area contributed by atoms with Gasteiger partial charge in [0.15, 0.2) is 12.6 Å². The number of methoxy groups -OCH3 is 2. The van der Waals surface area contributed by atoms with Crippen molar-refractivity contribution in [2.24, 2.45) is 0 Å². The van der Waals surface area contributed by atoms with E-state index < -0.39 is 0 Å². The molecular formula is C11H22O5. The summed E-state index contributed by atoms with van der Waals surface area (Å²) < 4.78 is 24.9. The van der Waals surface area contributed by atoms with Gasteiger partial charge in [-0.3, -0.25) is 0 Å². The number of ether oxygens (including phenoxy) is 5. The third-order valence-corrected chi connectivity index (χ3v) is 2.50. The first-order valence-electron chi connectivity index (χ1n) is 5.73. The highest BCUT2D eigenvalue weighted by molar-refractivity contribution is 4.52. The molecule has 0 aromatic carbocycles. The summed E-state index contributed by atoms with van der Waals surface area (Å²) in [6, 6.07) is 0. The van der Waals surface area contributed by atoms with Crippen molar-refractivity contribution in [3.63, 3.8) is 0 Å². The Morgan fingerprint density at radius 1 is 0.875 bits per heavy atom. The van der Waals surface area contributed by atoms with Crippen molar-refractivity contribution in [2.75, 3.05) is 34.2 Å². The largest absolute Gasteiger partial charge is 0.356 e. The Bertz CT molecular complexity index is 134. The summed E-state index contributed by atoms with van der Waals surface area (Å²) in [6.45, 7) is 2.00. The van der Waals surface area contributed by atoms with Crippen molar-refractivity contribution in [3.8, 4) is 0 Å². The molecule has 2 saturated heterocycles. The third-order valence-electron chi connectivity index (χ3n) is 2.50. The molecule has 0 amide bonds. The van der Waals surface area contributed by atoms with Crippen LogP contribution in [0.25, 0.3) is 0 Å². The van der Waals surface area contributed by atoms with Crippen LogP contribution < -0.4 is 0 Å².